The second kappa shape index (κ2) is 13.7. The monoisotopic (exact) mass is 462 g/mol. The highest BCUT2D eigenvalue weighted by Crippen LogP contribution is 2.32. The largest absolute Gasteiger partial charge is 0.481 e. The predicted octanol–water partition coefficient (Wildman–Crippen LogP) is 7.85. The molecule has 0 aliphatic carbocycles. The van der Waals surface area contributed by atoms with Crippen LogP contribution in [-0.4, -0.2) is 17.7 Å². The molecule has 3 aromatic rings. The lowest BCUT2D eigenvalue weighted by atomic mass is 9.83. The summed E-state index contributed by atoms with van der Waals surface area (Å²) in [5.74, 6) is -0.486. The maximum Gasteiger partial charge on any atom is 0.303 e. The van der Waals surface area contributed by atoms with Gasteiger partial charge in [-0.15, -0.1) is 0 Å². The van der Waals surface area contributed by atoms with Crippen molar-refractivity contribution in [3.8, 4) is 11.1 Å². The van der Waals surface area contributed by atoms with E-state index in [0.29, 0.717) is 25.6 Å². The molecular weight excluding hydrogens is 427 g/mol. The van der Waals surface area contributed by atoms with Crippen LogP contribution in [0.25, 0.3) is 11.1 Å². The van der Waals surface area contributed by atoms with Crippen LogP contribution in [-0.2, 0) is 16.1 Å². The number of hydrogen-bond acceptors (Lipinski definition) is 2. The molecule has 3 rings (SSSR count). The van der Waals surface area contributed by atoms with Crippen molar-refractivity contribution in [3.05, 3.63) is 95.8 Å². The average Bonchev–Trinajstić information content (AvgIpc) is 2.86. The van der Waals surface area contributed by atoms with Crippen LogP contribution in [0.5, 0.6) is 0 Å². The van der Waals surface area contributed by atoms with Crippen LogP contribution in [0.15, 0.2) is 78.9 Å². The Bertz CT molecular complexity index is 984. The summed E-state index contributed by atoms with van der Waals surface area (Å²) >= 11 is 0. The Kier molecular flexibility index (Phi) is 10.3. The Hall–Kier alpha value is -2.98. The quantitative estimate of drug-likeness (QED) is 0.265. The number of carboxylic acid groups (broad SMARTS) is 1. The van der Waals surface area contributed by atoms with Crippen LogP contribution in [0.3, 0.4) is 0 Å². The molecule has 1 N–H and O–H groups in total. The summed E-state index contributed by atoms with van der Waals surface area (Å²) in [6, 6.07) is 24.9. The smallest absolute Gasteiger partial charge is 0.303 e. The molecule has 180 valence electrons. The highest BCUT2D eigenvalue weighted by atomic mass is 19.1. The van der Waals surface area contributed by atoms with Crippen LogP contribution >= 0.6 is 0 Å². The summed E-state index contributed by atoms with van der Waals surface area (Å²) in [5, 5.41) is 9.31. The van der Waals surface area contributed by atoms with Gasteiger partial charge in [-0.2, -0.15) is 0 Å². The third-order valence-electron chi connectivity index (χ3n) is 6.32. The van der Waals surface area contributed by atoms with Gasteiger partial charge in [-0.1, -0.05) is 86.5 Å². The fourth-order valence-corrected chi connectivity index (χ4v) is 4.39. The minimum absolute atomic E-state index is 0.149. The molecule has 4 heteroatoms. The third-order valence-corrected chi connectivity index (χ3v) is 6.32. The Labute approximate surface area is 202 Å². The van der Waals surface area contributed by atoms with Crippen molar-refractivity contribution in [2.75, 3.05) is 6.61 Å². The Morgan fingerprint density at radius 1 is 0.912 bits per heavy atom. The summed E-state index contributed by atoms with van der Waals surface area (Å²) in [6.07, 6.45) is 4.98. The van der Waals surface area contributed by atoms with Crippen LogP contribution < -0.4 is 0 Å². The summed E-state index contributed by atoms with van der Waals surface area (Å²) in [4.78, 5) is 11.3. The van der Waals surface area contributed by atoms with Crippen molar-refractivity contribution in [1.82, 2.24) is 0 Å². The van der Waals surface area contributed by atoms with Gasteiger partial charge in [0.15, 0.2) is 0 Å². The first-order valence-electron chi connectivity index (χ1n) is 12.2. The zero-order chi connectivity index (χ0) is 24.2. The van der Waals surface area contributed by atoms with E-state index >= 15 is 0 Å². The van der Waals surface area contributed by atoms with Gasteiger partial charge in [-0.05, 0) is 65.5 Å². The molecule has 0 amide bonds. The Balaban J connectivity index is 1.69. The SMILES string of the molecule is CCCC[C@@H](COCc1ccccc1)CC(CCC(=O)O)c1ccc(-c2ccc(F)cc2)cc1. The lowest BCUT2D eigenvalue weighted by Gasteiger charge is -2.24. The number of ether oxygens (including phenoxy) is 1. The maximum atomic E-state index is 13.3. The van der Waals surface area contributed by atoms with E-state index in [-0.39, 0.29) is 18.2 Å². The van der Waals surface area contributed by atoms with Crippen molar-refractivity contribution in [2.45, 2.75) is 58.0 Å². The highest BCUT2D eigenvalue weighted by molar-refractivity contribution is 5.67. The minimum atomic E-state index is -0.765. The molecule has 3 aromatic carbocycles. The molecule has 1 unspecified atom stereocenters. The molecule has 0 fully saturated rings. The molecule has 0 aliphatic heterocycles. The van der Waals surface area contributed by atoms with Crippen molar-refractivity contribution in [1.29, 1.82) is 0 Å². The van der Waals surface area contributed by atoms with E-state index in [1.54, 1.807) is 12.1 Å². The summed E-state index contributed by atoms with van der Waals surface area (Å²) < 4.78 is 19.3. The van der Waals surface area contributed by atoms with E-state index in [0.717, 1.165) is 47.9 Å². The lowest BCUT2D eigenvalue weighted by Crippen LogP contribution is -2.15. The summed E-state index contributed by atoms with van der Waals surface area (Å²) in [6.45, 7) is 3.46. The van der Waals surface area contributed by atoms with Gasteiger partial charge in [0, 0.05) is 13.0 Å². The Morgan fingerprint density at radius 2 is 1.56 bits per heavy atom. The van der Waals surface area contributed by atoms with Crippen LogP contribution in [0.1, 0.15) is 62.5 Å². The number of carbonyl (C=O) groups is 1. The van der Waals surface area contributed by atoms with Crippen molar-refractivity contribution in [3.63, 3.8) is 0 Å². The van der Waals surface area contributed by atoms with Crippen molar-refractivity contribution >= 4 is 5.97 Å². The molecule has 0 bridgehead atoms. The fourth-order valence-electron chi connectivity index (χ4n) is 4.39. The first-order valence-corrected chi connectivity index (χ1v) is 12.2. The van der Waals surface area contributed by atoms with Gasteiger partial charge in [-0.3, -0.25) is 4.79 Å². The number of halogens is 1. The van der Waals surface area contributed by atoms with E-state index in [1.165, 1.54) is 12.1 Å². The molecule has 0 aromatic heterocycles. The number of hydrogen-bond donors (Lipinski definition) is 1. The van der Waals surface area contributed by atoms with E-state index in [1.807, 2.05) is 30.3 Å². The van der Waals surface area contributed by atoms with Gasteiger partial charge < -0.3 is 9.84 Å². The van der Waals surface area contributed by atoms with E-state index in [4.69, 9.17) is 4.74 Å². The van der Waals surface area contributed by atoms with Crippen molar-refractivity contribution in [2.24, 2.45) is 5.92 Å². The molecule has 0 radical (unpaired) electrons. The summed E-state index contributed by atoms with van der Waals surface area (Å²) in [7, 11) is 0. The van der Waals surface area contributed by atoms with E-state index in [9.17, 15) is 14.3 Å². The first kappa shape index (κ1) is 25.6. The fraction of sp³-hybridized carbons (Fsp3) is 0.367. The van der Waals surface area contributed by atoms with Gasteiger partial charge in [-0.25, -0.2) is 4.39 Å². The second-order valence-electron chi connectivity index (χ2n) is 9.00. The minimum Gasteiger partial charge on any atom is -0.481 e. The first-order chi connectivity index (χ1) is 16.5. The molecule has 2 atom stereocenters. The van der Waals surface area contributed by atoms with Gasteiger partial charge >= 0.3 is 5.97 Å². The van der Waals surface area contributed by atoms with Gasteiger partial charge in [0.05, 0.1) is 6.61 Å². The molecule has 0 saturated heterocycles. The standard InChI is InChI=1S/C30H35FO3/c1-2-3-7-24(22-34-21-23-8-5-4-6-9-23)20-28(16-19-30(32)33)27-12-10-25(11-13-27)26-14-17-29(31)18-15-26/h4-6,8-15,17-18,24,28H,2-3,7,16,19-22H2,1H3,(H,32,33)/t24-,28?/m1/s1. The van der Waals surface area contributed by atoms with Gasteiger partial charge in [0.1, 0.15) is 5.82 Å². The molecule has 0 spiro atoms. The van der Waals surface area contributed by atoms with Crippen LogP contribution in [0, 0.1) is 11.7 Å². The molecule has 0 heterocycles. The number of benzene rings is 3. The highest BCUT2D eigenvalue weighted by Gasteiger charge is 2.20. The summed E-state index contributed by atoms with van der Waals surface area (Å²) in [5.41, 5.74) is 4.30. The number of carboxylic acids is 1. The normalized spacial score (nSPS) is 12.9. The van der Waals surface area contributed by atoms with Gasteiger partial charge in [0.2, 0.25) is 0 Å². The van der Waals surface area contributed by atoms with E-state index in [2.05, 4.69) is 31.2 Å². The second-order valence-corrected chi connectivity index (χ2v) is 9.00. The Morgan fingerprint density at radius 3 is 2.18 bits per heavy atom. The maximum absolute atomic E-state index is 13.3. The van der Waals surface area contributed by atoms with Crippen molar-refractivity contribution < 1.29 is 19.0 Å². The van der Waals surface area contributed by atoms with E-state index < -0.39 is 5.97 Å². The average molecular weight is 463 g/mol. The van der Waals surface area contributed by atoms with Crippen LogP contribution in [0.2, 0.25) is 0 Å². The molecule has 34 heavy (non-hydrogen) atoms. The third kappa shape index (κ3) is 8.42. The van der Waals surface area contributed by atoms with Gasteiger partial charge in [0.25, 0.3) is 0 Å². The number of aliphatic carboxylic acids is 1. The topological polar surface area (TPSA) is 46.5 Å². The lowest BCUT2D eigenvalue weighted by molar-refractivity contribution is -0.137. The van der Waals surface area contributed by atoms with Crippen LogP contribution in [0.4, 0.5) is 4.39 Å². The molecule has 0 saturated carbocycles. The zero-order valence-electron chi connectivity index (χ0n) is 20.0. The number of unbranched alkanes of at least 4 members (excludes halogenated alkanes) is 1. The zero-order valence-corrected chi connectivity index (χ0v) is 20.0. The molecule has 3 nitrogen and oxygen atoms in total. The number of rotatable bonds is 14. The molecule has 0 aliphatic rings. The predicted molar refractivity (Wildman–Crippen MR) is 135 cm³/mol. The molecular formula is C30H35FO3.